The molecule has 1 saturated carbocycles. The van der Waals surface area contributed by atoms with Gasteiger partial charge < -0.3 is 0 Å². The predicted octanol–water partition coefficient (Wildman–Crippen LogP) is 4.11. The maximum absolute atomic E-state index is 3.91. The average molecular weight is 176 g/mol. The molecule has 0 radical (unpaired) electrons. The lowest BCUT2D eigenvalue weighted by atomic mass is 9.76. The Morgan fingerprint density at radius 3 is 2.31 bits per heavy atom. The van der Waals surface area contributed by atoms with Gasteiger partial charge in [0.05, 0.1) is 0 Å². The molecule has 0 spiro atoms. The van der Waals surface area contributed by atoms with Crippen LogP contribution in [0.25, 0.3) is 0 Å². The van der Waals surface area contributed by atoms with Crippen LogP contribution >= 0.6 is 0 Å². The van der Waals surface area contributed by atoms with Crippen molar-refractivity contribution in [3.63, 3.8) is 0 Å². The average Bonchev–Trinajstić information content (AvgIpc) is 2.16. The smallest absolute Gasteiger partial charge is 0.0136 e. The second-order valence-electron chi connectivity index (χ2n) is 4.15. The zero-order valence-corrected chi connectivity index (χ0v) is 8.84. The monoisotopic (exact) mass is 176 g/mol. The van der Waals surface area contributed by atoms with E-state index in [0.29, 0.717) is 11.8 Å². The maximum atomic E-state index is 3.91. The lowest BCUT2D eigenvalue weighted by Gasteiger charge is -2.29. The highest BCUT2D eigenvalue weighted by atomic mass is 14.3. The first kappa shape index (κ1) is 10.3. The first-order valence-corrected chi connectivity index (χ1v) is 5.09. The van der Waals surface area contributed by atoms with Crippen LogP contribution in [0.5, 0.6) is 0 Å². The van der Waals surface area contributed by atoms with Gasteiger partial charge in [-0.3, -0.25) is 0 Å². The molecule has 0 saturated heterocycles. The third kappa shape index (κ3) is 2.33. The van der Waals surface area contributed by atoms with Gasteiger partial charge in [-0.2, -0.15) is 0 Å². The van der Waals surface area contributed by atoms with Crippen LogP contribution in [-0.4, -0.2) is 0 Å². The lowest BCUT2D eigenvalue weighted by Crippen LogP contribution is -2.17. The minimum atomic E-state index is 0.621. The molecule has 2 atom stereocenters. The minimum Gasteiger partial charge on any atom is -0.103 e. The van der Waals surface area contributed by atoms with Crippen LogP contribution in [0.1, 0.15) is 33.1 Å². The van der Waals surface area contributed by atoms with Crippen molar-refractivity contribution < 1.29 is 0 Å². The number of hydrogen-bond donors (Lipinski definition) is 0. The van der Waals surface area contributed by atoms with Crippen LogP contribution in [0.15, 0.2) is 36.5 Å². The molecule has 1 rings (SSSR count). The Bertz CT molecular complexity index is 228. The van der Waals surface area contributed by atoms with E-state index in [0.717, 1.165) is 0 Å². The highest BCUT2D eigenvalue weighted by Crippen LogP contribution is 2.35. The van der Waals surface area contributed by atoms with Gasteiger partial charge >= 0.3 is 0 Å². The summed E-state index contributed by atoms with van der Waals surface area (Å²) in [6.07, 6.45) is 7.88. The molecule has 1 fully saturated rings. The molecule has 1 aliphatic rings. The van der Waals surface area contributed by atoms with Gasteiger partial charge in [-0.05, 0) is 44.9 Å². The van der Waals surface area contributed by atoms with E-state index in [1.807, 2.05) is 0 Å². The third-order valence-electron chi connectivity index (χ3n) is 3.12. The summed E-state index contributed by atoms with van der Waals surface area (Å²) in [6.45, 7) is 12.2. The van der Waals surface area contributed by atoms with Gasteiger partial charge in [0.25, 0.3) is 0 Å². The SMILES string of the molecule is C=CC1CCC(=C(C)C)CC1C=C. The van der Waals surface area contributed by atoms with Crippen molar-refractivity contribution in [3.05, 3.63) is 36.5 Å². The van der Waals surface area contributed by atoms with Crippen molar-refractivity contribution in [2.24, 2.45) is 11.8 Å². The molecular formula is C13H20. The van der Waals surface area contributed by atoms with Gasteiger partial charge in [0.1, 0.15) is 0 Å². The highest BCUT2D eigenvalue weighted by molar-refractivity contribution is 5.16. The van der Waals surface area contributed by atoms with Crippen molar-refractivity contribution in [1.29, 1.82) is 0 Å². The Balaban J connectivity index is 2.73. The molecule has 0 amide bonds. The van der Waals surface area contributed by atoms with Gasteiger partial charge in [-0.15, -0.1) is 13.2 Å². The van der Waals surface area contributed by atoms with E-state index in [-0.39, 0.29) is 0 Å². The first-order chi connectivity index (χ1) is 6.19. The summed E-state index contributed by atoms with van der Waals surface area (Å²) in [5.41, 5.74) is 3.12. The zero-order valence-electron chi connectivity index (χ0n) is 8.84. The molecular weight excluding hydrogens is 156 g/mol. The summed E-state index contributed by atoms with van der Waals surface area (Å²) in [6, 6.07) is 0. The fourth-order valence-electron chi connectivity index (χ4n) is 2.10. The lowest BCUT2D eigenvalue weighted by molar-refractivity contribution is 0.393. The summed E-state index contributed by atoms with van der Waals surface area (Å²) in [7, 11) is 0. The van der Waals surface area contributed by atoms with Crippen molar-refractivity contribution >= 4 is 0 Å². The molecule has 2 unspecified atom stereocenters. The van der Waals surface area contributed by atoms with Gasteiger partial charge in [-0.25, -0.2) is 0 Å². The normalized spacial score (nSPS) is 28.3. The minimum absolute atomic E-state index is 0.621. The van der Waals surface area contributed by atoms with Crippen LogP contribution in [0.2, 0.25) is 0 Å². The van der Waals surface area contributed by atoms with Crippen molar-refractivity contribution in [3.8, 4) is 0 Å². The van der Waals surface area contributed by atoms with E-state index in [1.54, 1.807) is 5.57 Å². The molecule has 1 aliphatic carbocycles. The molecule has 0 aliphatic heterocycles. The third-order valence-corrected chi connectivity index (χ3v) is 3.12. The van der Waals surface area contributed by atoms with Gasteiger partial charge in [0.2, 0.25) is 0 Å². The second-order valence-corrected chi connectivity index (χ2v) is 4.15. The molecule has 0 bridgehead atoms. The van der Waals surface area contributed by atoms with E-state index in [4.69, 9.17) is 0 Å². The number of rotatable bonds is 2. The Labute approximate surface area is 82.0 Å². The van der Waals surface area contributed by atoms with Crippen molar-refractivity contribution in [2.45, 2.75) is 33.1 Å². The molecule has 0 aromatic rings. The predicted molar refractivity (Wildman–Crippen MR) is 59.6 cm³/mol. The van der Waals surface area contributed by atoms with E-state index in [2.05, 4.69) is 39.2 Å². The molecule has 0 N–H and O–H groups in total. The summed E-state index contributed by atoms with van der Waals surface area (Å²) in [4.78, 5) is 0. The standard InChI is InChI=1S/C13H20/c1-5-11-7-8-13(10(3)4)9-12(11)6-2/h5-6,11-12H,1-2,7-9H2,3-4H3. The van der Waals surface area contributed by atoms with Crippen LogP contribution in [-0.2, 0) is 0 Å². The van der Waals surface area contributed by atoms with Crippen molar-refractivity contribution in [2.75, 3.05) is 0 Å². The topological polar surface area (TPSA) is 0 Å². The quantitative estimate of drug-likeness (QED) is 0.555. The van der Waals surface area contributed by atoms with Crippen molar-refractivity contribution in [1.82, 2.24) is 0 Å². The highest BCUT2D eigenvalue weighted by Gasteiger charge is 2.22. The Morgan fingerprint density at radius 2 is 1.85 bits per heavy atom. The molecule has 0 heterocycles. The van der Waals surface area contributed by atoms with E-state index in [1.165, 1.54) is 24.8 Å². The fraction of sp³-hybridized carbons (Fsp3) is 0.538. The van der Waals surface area contributed by atoms with Crippen LogP contribution < -0.4 is 0 Å². The summed E-state index contributed by atoms with van der Waals surface area (Å²) < 4.78 is 0. The molecule has 13 heavy (non-hydrogen) atoms. The molecule has 72 valence electrons. The molecule has 0 aromatic heterocycles. The largest absolute Gasteiger partial charge is 0.103 e. The maximum Gasteiger partial charge on any atom is -0.0136 e. The van der Waals surface area contributed by atoms with Crippen LogP contribution in [0.4, 0.5) is 0 Å². The molecule has 0 nitrogen and oxygen atoms in total. The van der Waals surface area contributed by atoms with Gasteiger partial charge in [0.15, 0.2) is 0 Å². The van der Waals surface area contributed by atoms with E-state index >= 15 is 0 Å². The molecule has 0 heteroatoms. The van der Waals surface area contributed by atoms with Crippen LogP contribution in [0.3, 0.4) is 0 Å². The van der Waals surface area contributed by atoms with E-state index < -0.39 is 0 Å². The Morgan fingerprint density at radius 1 is 1.23 bits per heavy atom. The Kier molecular flexibility index (Phi) is 3.53. The number of hydrogen-bond acceptors (Lipinski definition) is 0. The van der Waals surface area contributed by atoms with Gasteiger partial charge in [0, 0.05) is 0 Å². The Hall–Kier alpha value is -0.780. The van der Waals surface area contributed by atoms with E-state index in [9.17, 15) is 0 Å². The fourth-order valence-corrected chi connectivity index (χ4v) is 2.10. The summed E-state index contributed by atoms with van der Waals surface area (Å²) >= 11 is 0. The summed E-state index contributed by atoms with van der Waals surface area (Å²) in [5, 5.41) is 0. The van der Waals surface area contributed by atoms with Crippen LogP contribution in [0, 0.1) is 11.8 Å². The van der Waals surface area contributed by atoms with Gasteiger partial charge in [-0.1, -0.05) is 23.3 Å². The first-order valence-electron chi connectivity index (χ1n) is 5.09. The number of allylic oxidation sites excluding steroid dienone is 4. The zero-order chi connectivity index (χ0) is 9.84. The second kappa shape index (κ2) is 4.45. The summed E-state index contributed by atoms with van der Waals surface area (Å²) in [5.74, 6) is 1.27. The molecule has 0 aromatic carbocycles.